The zero-order valence-electron chi connectivity index (χ0n) is 12.3. The summed E-state index contributed by atoms with van der Waals surface area (Å²) in [5.74, 6) is 1.27. The highest BCUT2D eigenvalue weighted by Gasteiger charge is 2.16. The first-order valence-corrected chi connectivity index (χ1v) is 7.23. The molecule has 2 aromatic carbocycles. The average Bonchev–Trinajstić information content (AvgIpc) is 2.47. The molecule has 2 nitrogen and oxygen atoms in total. The Morgan fingerprint density at radius 1 is 1.00 bits per heavy atom. The highest BCUT2D eigenvalue weighted by atomic mass is 16.5. The second-order valence-electron chi connectivity index (χ2n) is 5.16. The van der Waals surface area contributed by atoms with Crippen molar-refractivity contribution >= 4 is 0 Å². The molecule has 0 bridgehead atoms. The van der Waals surface area contributed by atoms with Crippen LogP contribution in [0.1, 0.15) is 30.9 Å². The van der Waals surface area contributed by atoms with Crippen molar-refractivity contribution in [2.24, 2.45) is 5.73 Å². The van der Waals surface area contributed by atoms with E-state index in [9.17, 15) is 0 Å². The summed E-state index contributed by atoms with van der Waals surface area (Å²) in [7, 11) is 0. The van der Waals surface area contributed by atoms with Crippen LogP contribution in [0.15, 0.2) is 54.6 Å². The number of rotatable bonds is 6. The molecule has 0 aliphatic carbocycles. The molecule has 20 heavy (non-hydrogen) atoms. The molecule has 0 spiro atoms. The molecule has 0 heterocycles. The molecule has 2 unspecified atom stereocenters. The van der Waals surface area contributed by atoms with Gasteiger partial charge < -0.3 is 10.5 Å². The predicted molar refractivity (Wildman–Crippen MR) is 84.1 cm³/mol. The second kappa shape index (κ2) is 7.11. The average molecular weight is 269 g/mol. The number of benzene rings is 2. The molecule has 2 N–H and O–H groups in total. The molecule has 2 heteroatoms. The molecule has 0 aliphatic heterocycles. The van der Waals surface area contributed by atoms with Gasteiger partial charge >= 0.3 is 0 Å². The number of hydrogen-bond acceptors (Lipinski definition) is 2. The van der Waals surface area contributed by atoms with Crippen molar-refractivity contribution in [3.8, 4) is 5.75 Å². The molecule has 106 valence electrons. The van der Waals surface area contributed by atoms with E-state index in [4.69, 9.17) is 10.5 Å². The maximum Gasteiger partial charge on any atom is 0.119 e. The SMILES string of the molecule is CCOc1ccc(CC(c2ccccc2)C(C)N)cc1. The lowest BCUT2D eigenvalue weighted by atomic mass is 9.87. The van der Waals surface area contributed by atoms with E-state index in [-0.39, 0.29) is 6.04 Å². The van der Waals surface area contributed by atoms with Gasteiger partial charge in [0.15, 0.2) is 0 Å². The highest BCUT2D eigenvalue weighted by molar-refractivity contribution is 5.30. The standard InChI is InChI=1S/C18H23NO/c1-3-20-17-11-9-15(10-12-17)13-18(14(2)19)16-7-5-4-6-8-16/h4-12,14,18H,3,13,19H2,1-2H3. The maximum absolute atomic E-state index is 6.17. The Bertz CT molecular complexity index is 505. The van der Waals surface area contributed by atoms with Gasteiger partial charge in [0, 0.05) is 12.0 Å². The van der Waals surface area contributed by atoms with E-state index in [1.165, 1.54) is 11.1 Å². The molecule has 2 aromatic rings. The molecule has 0 saturated carbocycles. The first-order valence-electron chi connectivity index (χ1n) is 7.23. The lowest BCUT2D eigenvalue weighted by Crippen LogP contribution is -2.26. The lowest BCUT2D eigenvalue weighted by Gasteiger charge is -2.21. The fourth-order valence-electron chi connectivity index (χ4n) is 2.45. The Balaban J connectivity index is 2.12. The Labute approximate surface area is 121 Å². The van der Waals surface area contributed by atoms with Gasteiger partial charge in [0.25, 0.3) is 0 Å². The summed E-state index contributed by atoms with van der Waals surface area (Å²) < 4.78 is 5.47. The summed E-state index contributed by atoms with van der Waals surface area (Å²) in [5.41, 5.74) is 8.76. The smallest absolute Gasteiger partial charge is 0.119 e. The van der Waals surface area contributed by atoms with Gasteiger partial charge in [-0.3, -0.25) is 0 Å². The zero-order valence-corrected chi connectivity index (χ0v) is 12.3. The third-order valence-corrected chi connectivity index (χ3v) is 3.55. The quantitative estimate of drug-likeness (QED) is 0.866. The second-order valence-corrected chi connectivity index (χ2v) is 5.16. The van der Waals surface area contributed by atoms with Gasteiger partial charge in [-0.2, -0.15) is 0 Å². The fraction of sp³-hybridized carbons (Fsp3) is 0.333. The van der Waals surface area contributed by atoms with Crippen LogP contribution in [0, 0.1) is 0 Å². The molecule has 0 saturated heterocycles. The third kappa shape index (κ3) is 3.84. The zero-order chi connectivity index (χ0) is 14.4. The van der Waals surface area contributed by atoms with E-state index < -0.39 is 0 Å². The van der Waals surface area contributed by atoms with Crippen LogP contribution in [0.25, 0.3) is 0 Å². The molecule has 0 amide bonds. The first-order chi connectivity index (χ1) is 9.70. The Kier molecular flexibility index (Phi) is 5.19. The van der Waals surface area contributed by atoms with Gasteiger partial charge in [-0.1, -0.05) is 42.5 Å². The molecule has 0 aliphatic rings. The first kappa shape index (κ1) is 14.6. The molecule has 0 radical (unpaired) electrons. The van der Waals surface area contributed by atoms with Gasteiger partial charge in [-0.25, -0.2) is 0 Å². The summed E-state index contributed by atoms with van der Waals surface area (Å²) >= 11 is 0. The molecule has 0 fully saturated rings. The molecule has 0 aromatic heterocycles. The Hall–Kier alpha value is -1.80. The minimum absolute atomic E-state index is 0.129. The predicted octanol–water partition coefficient (Wildman–Crippen LogP) is 3.76. The van der Waals surface area contributed by atoms with E-state index in [0.29, 0.717) is 12.5 Å². The molecule has 2 rings (SSSR count). The number of nitrogens with two attached hydrogens (primary N) is 1. The van der Waals surface area contributed by atoms with Crippen molar-refractivity contribution in [2.75, 3.05) is 6.61 Å². The minimum Gasteiger partial charge on any atom is -0.494 e. The maximum atomic E-state index is 6.17. The summed E-state index contributed by atoms with van der Waals surface area (Å²) in [6.07, 6.45) is 0.952. The Morgan fingerprint density at radius 3 is 2.20 bits per heavy atom. The van der Waals surface area contributed by atoms with E-state index in [2.05, 4.69) is 43.3 Å². The van der Waals surface area contributed by atoms with Crippen LogP contribution in [-0.2, 0) is 6.42 Å². The van der Waals surface area contributed by atoms with Gasteiger partial charge in [-0.05, 0) is 43.5 Å². The van der Waals surface area contributed by atoms with Crippen LogP contribution in [0.3, 0.4) is 0 Å². The van der Waals surface area contributed by atoms with E-state index >= 15 is 0 Å². The van der Waals surface area contributed by atoms with Crippen molar-refractivity contribution in [1.29, 1.82) is 0 Å². The van der Waals surface area contributed by atoms with Crippen molar-refractivity contribution in [3.63, 3.8) is 0 Å². The van der Waals surface area contributed by atoms with Gasteiger partial charge in [0.2, 0.25) is 0 Å². The number of hydrogen-bond donors (Lipinski definition) is 1. The summed E-state index contributed by atoms with van der Waals surface area (Å²) in [6, 6.07) is 18.9. The Morgan fingerprint density at radius 2 is 1.65 bits per heavy atom. The van der Waals surface area contributed by atoms with Crippen molar-refractivity contribution < 1.29 is 4.74 Å². The van der Waals surface area contributed by atoms with Crippen LogP contribution >= 0.6 is 0 Å². The van der Waals surface area contributed by atoms with Crippen LogP contribution in [0.5, 0.6) is 5.75 Å². The molecular weight excluding hydrogens is 246 g/mol. The van der Waals surface area contributed by atoms with E-state index in [1.54, 1.807) is 0 Å². The number of ether oxygens (including phenoxy) is 1. The third-order valence-electron chi connectivity index (χ3n) is 3.55. The summed E-state index contributed by atoms with van der Waals surface area (Å²) in [6.45, 7) is 4.77. The van der Waals surface area contributed by atoms with E-state index in [1.807, 2.05) is 25.1 Å². The minimum atomic E-state index is 0.129. The summed E-state index contributed by atoms with van der Waals surface area (Å²) in [5, 5.41) is 0. The van der Waals surface area contributed by atoms with E-state index in [0.717, 1.165) is 12.2 Å². The molecule has 2 atom stereocenters. The largest absolute Gasteiger partial charge is 0.494 e. The van der Waals surface area contributed by atoms with Crippen molar-refractivity contribution in [1.82, 2.24) is 0 Å². The van der Waals surface area contributed by atoms with Gasteiger partial charge in [0.05, 0.1) is 6.61 Å². The van der Waals surface area contributed by atoms with Crippen LogP contribution in [0.2, 0.25) is 0 Å². The lowest BCUT2D eigenvalue weighted by molar-refractivity contribution is 0.340. The summed E-state index contributed by atoms with van der Waals surface area (Å²) in [4.78, 5) is 0. The van der Waals surface area contributed by atoms with Crippen LogP contribution in [-0.4, -0.2) is 12.6 Å². The van der Waals surface area contributed by atoms with Crippen LogP contribution < -0.4 is 10.5 Å². The van der Waals surface area contributed by atoms with Crippen molar-refractivity contribution in [2.45, 2.75) is 32.2 Å². The molecular formula is C18H23NO. The monoisotopic (exact) mass is 269 g/mol. The van der Waals surface area contributed by atoms with Crippen molar-refractivity contribution in [3.05, 3.63) is 65.7 Å². The highest BCUT2D eigenvalue weighted by Crippen LogP contribution is 2.24. The van der Waals surface area contributed by atoms with Gasteiger partial charge in [-0.15, -0.1) is 0 Å². The van der Waals surface area contributed by atoms with Crippen LogP contribution in [0.4, 0.5) is 0 Å². The topological polar surface area (TPSA) is 35.2 Å². The fourth-order valence-corrected chi connectivity index (χ4v) is 2.45. The normalized spacial score (nSPS) is 13.8. The van der Waals surface area contributed by atoms with Gasteiger partial charge in [0.1, 0.15) is 5.75 Å².